The van der Waals surface area contributed by atoms with Crippen LogP contribution >= 0.6 is 11.3 Å². The second kappa shape index (κ2) is 3.51. The molecule has 5 heteroatoms. The van der Waals surface area contributed by atoms with Crippen LogP contribution in [0.3, 0.4) is 0 Å². The Hall–Kier alpha value is -1.49. The van der Waals surface area contributed by atoms with Gasteiger partial charge in [-0.1, -0.05) is 6.92 Å². The Morgan fingerprint density at radius 3 is 3.22 bits per heavy atom. The number of aromatic nitrogens is 4. The molecule has 1 atom stereocenters. The SMILES string of the molecule is Cc1nc2c3c4c(sc3ncn2n1)CCC(C)C4. The number of nitrogens with zero attached hydrogens (tertiary/aromatic N) is 4. The third kappa shape index (κ3) is 1.34. The molecular formula is C13H14N4S. The maximum Gasteiger partial charge on any atom is 0.167 e. The van der Waals surface area contributed by atoms with Crippen molar-refractivity contribution >= 4 is 27.2 Å². The summed E-state index contributed by atoms with van der Waals surface area (Å²) >= 11 is 1.83. The fraction of sp³-hybridized carbons (Fsp3) is 0.462. The molecule has 18 heavy (non-hydrogen) atoms. The van der Waals surface area contributed by atoms with Crippen LogP contribution in [0.2, 0.25) is 0 Å². The summed E-state index contributed by atoms with van der Waals surface area (Å²) in [6.07, 6.45) is 5.42. The number of hydrogen-bond donors (Lipinski definition) is 0. The Balaban J connectivity index is 2.13. The topological polar surface area (TPSA) is 43.1 Å². The lowest BCUT2D eigenvalue weighted by Gasteiger charge is -2.17. The summed E-state index contributed by atoms with van der Waals surface area (Å²) in [4.78, 5) is 11.7. The lowest BCUT2D eigenvalue weighted by Crippen LogP contribution is -2.09. The molecule has 4 rings (SSSR count). The minimum absolute atomic E-state index is 0.763. The monoisotopic (exact) mass is 258 g/mol. The fourth-order valence-corrected chi connectivity index (χ4v) is 4.03. The first-order valence-electron chi connectivity index (χ1n) is 6.34. The van der Waals surface area contributed by atoms with E-state index < -0.39 is 0 Å². The lowest BCUT2D eigenvalue weighted by atomic mass is 9.89. The van der Waals surface area contributed by atoms with E-state index in [-0.39, 0.29) is 0 Å². The van der Waals surface area contributed by atoms with Crippen molar-refractivity contribution in [3.05, 3.63) is 22.6 Å². The fourth-order valence-electron chi connectivity index (χ4n) is 2.85. The molecule has 3 aromatic heterocycles. The van der Waals surface area contributed by atoms with Crippen LogP contribution in [0.4, 0.5) is 0 Å². The summed E-state index contributed by atoms with van der Waals surface area (Å²) in [5, 5.41) is 5.60. The molecular weight excluding hydrogens is 244 g/mol. The molecule has 0 aromatic carbocycles. The molecule has 0 fully saturated rings. The zero-order valence-corrected chi connectivity index (χ0v) is 11.3. The number of hydrogen-bond acceptors (Lipinski definition) is 4. The quantitative estimate of drug-likeness (QED) is 0.622. The third-order valence-electron chi connectivity index (χ3n) is 3.73. The van der Waals surface area contributed by atoms with E-state index in [2.05, 4.69) is 22.0 Å². The standard InChI is InChI=1S/C13H14N4S/c1-7-3-4-10-9(5-7)11-12-15-8(2)16-17(12)6-14-13(11)18-10/h6-7H,3-5H2,1-2H3. The molecule has 4 nitrogen and oxygen atoms in total. The maximum atomic E-state index is 4.57. The van der Waals surface area contributed by atoms with Gasteiger partial charge in [0.15, 0.2) is 5.65 Å². The largest absolute Gasteiger partial charge is 0.225 e. The molecule has 0 amide bonds. The Kier molecular flexibility index (Phi) is 2.03. The van der Waals surface area contributed by atoms with E-state index in [4.69, 9.17) is 0 Å². The van der Waals surface area contributed by atoms with Gasteiger partial charge >= 0.3 is 0 Å². The van der Waals surface area contributed by atoms with Crippen molar-refractivity contribution in [3.8, 4) is 0 Å². The van der Waals surface area contributed by atoms with Gasteiger partial charge in [-0.25, -0.2) is 14.5 Å². The first kappa shape index (κ1) is 10.4. The highest BCUT2D eigenvalue weighted by Crippen LogP contribution is 2.38. The van der Waals surface area contributed by atoms with E-state index in [9.17, 15) is 0 Å². The molecule has 0 saturated carbocycles. The first-order chi connectivity index (χ1) is 8.72. The van der Waals surface area contributed by atoms with Crippen LogP contribution in [0.15, 0.2) is 6.33 Å². The van der Waals surface area contributed by atoms with E-state index in [0.29, 0.717) is 0 Å². The van der Waals surface area contributed by atoms with Crippen molar-refractivity contribution in [2.75, 3.05) is 0 Å². The summed E-state index contributed by atoms with van der Waals surface area (Å²) in [5.74, 6) is 1.58. The van der Waals surface area contributed by atoms with Crippen molar-refractivity contribution in [1.82, 2.24) is 19.6 Å². The van der Waals surface area contributed by atoms with Crippen LogP contribution < -0.4 is 0 Å². The minimum Gasteiger partial charge on any atom is -0.225 e. The molecule has 1 aliphatic carbocycles. The summed E-state index contributed by atoms with van der Waals surface area (Å²) in [6.45, 7) is 4.26. The highest BCUT2D eigenvalue weighted by atomic mass is 32.1. The van der Waals surface area contributed by atoms with Gasteiger partial charge in [-0.2, -0.15) is 5.10 Å². The molecule has 1 unspecified atom stereocenters. The van der Waals surface area contributed by atoms with Crippen LogP contribution in [0.1, 0.15) is 29.6 Å². The average molecular weight is 258 g/mol. The molecule has 1 aliphatic rings. The second-order valence-corrected chi connectivity index (χ2v) is 6.29. The normalized spacial score (nSPS) is 19.6. The summed E-state index contributed by atoms with van der Waals surface area (Å²) in [7, 11) is 0. The zero-order chi connectivity index (χ0) is 12.3. The van der Waals surface area contributed by atoms with Crippen molar-refractivity contribution in [2.24, 2.45) is 5.92 Å². The van der Waals surface area contributed by atoms with Gasteiger partial charge in [0, 0.05) is 4.88 Å². The van der Waals surface area contributed by atoms with Gasteiger partial charge in [0.25, 0.3) is 0 Å². The minimum atomic E-state index is 0.763. The highest BCUT2D eigenvalue weighted by molar-refractivity contribution is 7.19. The van der Waals surface area contributed by atoms with Crippen molar-refractivity contribution in [2.45, 2.75) is 33.1 Å². The smallest absolute Gasteiger partial charge is 0.167 e. The number of rotatable bonds is 0. The Morgan fingerprint density at radius 2 is 2.33 bits per heavy atom. The molecule has 0 N–H and O–H groups in total. The van der Waals surface area contributed by atoms with Gasteiger partial charge in [0.05, 0.1) is 5.39 Å². The summed E-state index contributed by atoms with van der Waals surface area (Å²) in [6, 6.07) is 0. The van der Waals surface area contributed by atoms with Crippen LogP contribution in [-0.4, -0.2) is 19.6 Å². The Labute approximate surface area is 109 Å². The maximum absolute atomic E-state index is 4.57. The van der Waals surface area contributed by atoms with Crippen LogP contribution in [0.25, 0.3) is 15.9 Å². The van der Waals surface area contributed by atoms with E-state index in [1.54, 1.807) is 6.33 Å². The predicted octanol–water partition coefficient (Wildman–Crippen LogP) is 2.77. The van der Waals surface area contributed by atoms with Gasteiger partial charge in [0.2, 0.25) is 0 Å². The molecule has 3 aromatic rings. The van der Waals surface area contributed by atoms with E-state index >= 15 is 0 Å². The highest BCUT2D eigenvalue weighted by Gasteiger charge is 2.23. The van der Waals surface area contributed by atoms with Gasteiger partial charge in [-0.05, 0) is 37.7 Å². The van der Waals surface area contributed by atoms with Gasteiger partial charge in [0.1, 0.15) is 17.0 Å². The Bertz CT molecular complexity index is 755. The van der Waals surface area contributed by atoms with Gasteiger partial charge < -0.3 is 0 Å². The third-order valence-corrected chi connectivity index (χ3v) is 4.93. The number of aryl methyl sites for hydroxylation is 2. The molecule has 3 heterocycles. The van der Waals surface area contributed by atoms with Crippen molar-refractivity contribution < 1.29 is 0 Å². The molecule has 0 aliphatic heterocycles. The first-order valence-corrected chi connectivity index (χ1v) is 7.16. The Morgan fingerprint density at radius 1 is 1.44 bits per heavy atom. The molecule has 0 bridgehead atoms. The molecule has 0 spiro atoms. The average Bonchev–Trinajstić information content (AvgIpc) is 2.87. The number of thiophene rings is 1. The van der Waals surface area contributed by atoms with E-state index in [1.165, 1.54) is 28.7 Å². The number of fused-ring (bicyclic) bond motifs is 5. The molecule has 0 saturated heterocycles. The van der Waals surface area contributed by atoms with Crippen molar-refractivity contribution in [3.63, 3.8) is 0 Å². The van der Waals surface area contributed by atoms with Crippen LogP contribution in [-0.2, 0) is 12.8 Å². The zero-order valence-electron chi connectivity index (χ0n) is 10.5. The van der Waals surface area contributed by atoms with Gasteiger partial charge in [-0.3, -0.25) is 0 Å². The van der Waals surface area contributed by atoms with Crippen LogP contribution in [0, 0.1) is 12.8 Å². The predicted molar refractivity (Wildman–Crippen MR) is 72.1 cm³/mol. The summed E-state index contributed by atoms with van der Waals surface area (Å²) in [5.41, 5.74) is 2.45. The van der Waals surface area contributed by atoms with Gasteiger partial charge in [-0.15, -0.1) is 11.3 Å². The lowest BCUT2D eigenvalue weighted by molar-refractivity contribution is 0.508. The summed E-state index contributed by atoms with van der Waals surface area (Å²) < 4.78 is 1.81. The van der Waals surface area contributed by atoms with E-state index in [1.807, 2.05) is 22.8 Å². The molecule has 92 valence electrons. The second-order valence-electron chi connectivity index (χ2n) is 5.20. The van der Waals surface area contributed by atoms with Crippen molar-refractivity contribution in [1.29, 1.82) is 0 Å². The molecule has 0 radical (unpaired) electrons. The van der Waals surface area contributed by atoms with Crippen LogP contribution in [0.5, 0.6) is 0 Å². The van der Waals surface area contributed by atoms with E-state index in [0.717, 1.165) is 28.6 Å².